The molecule has 0 unspecified atom stereocenters. The first kappa shape index (κ1) is 23.9. The quantitative estimate of drug-likeness (QED) is 0.414. The van der Waals surface area contributed by atoms with Crippen LogP contribution in [0.5, 0.6) is 0 Å². The molecule has 1 aromatic carbocycles. The molecule has 0 N–H and O–H groups in total. The van der Waals surface area contributed by atoms with E-state index in [2.05, 4.69) is 5.10 Å². The van der Waals surface area contributed by atoms with Gasteiger partial charge in [-0.2, -0.15) is 0 Å². The summed E-state index contributed by atoms with van der Waals surface area (Å²) in [6.07, 6.45) is 1.79. The average molecular weight is 423 g/mol. The summed E-state index contributed by atoms with van der Waals surface area (Å²) in [5.41, 5.74) is 0.539. The molecule has 0 aliphatic rings. The van der Waals surface area contributed by atoms with E-state index in [0.29, 0.717) is 18.5 Å². The van der Waals surface area contributed by atoms with Gasteiger partial charge in [0.2, 0.25) is 6.20 Å². The average Bonchev–Trinajstić information content (AvgIpc) is 2.52. The van der Waals surface area contributed by atoms with Crippen molar-refractivity contribution in [1.82, 2.24) is 5.10 Å². The largest absolute Gasteiger partial charge is 0.368 e. The minimum atomic E-state index is -4.94. The zero-order valence-corrected chi connectivity index (χ0v) is 17.5. The second kappa shape index (κ2) is 9.36. The van der Waals surface area contributed by atoms with Gasteiger partial charge in [0, 0.05) is 31.3 Å². The molecule has 0 saturated heterocycles. The molecule has 2 rings (SSSR count). The minimum Gasteiger partial charge on any atom is -0.305 e. The second-order valence-electron chi connectivity index (χ2n) is 6.36. The smallest absolute Gasteiger partial charge is 0.305 e. The van der Waals surface area contributed by atoms with Gasteiger partial charge < -0.3 is 9.05 Å². The number of aromatic nitrogens is 2. The van der Waals surface area contributed by atoms with E-state index in [1.807, 2.05) is 63.6 Å². The standard InChI is InChI=1S/C16H24N2O3P.ClHO4/c1-6-20-22(19,21-7-2)15-12-18(16(3,4)5)17-14-11-9-8-10-13(14)15;2-1(3,4)5/h8-12H,6-7H2,1-5H3;(H,2,3,4,5)/q+1;/p-1. The molecule has 0 radical (unpaired) electrons. The van der Waals surface area contributed by atoms with E-state index >= 15 is 0 Å². The summed E-state index contributed by atoms with van der Waals surface area (Å²) < 4.78 is 60.1. The van der Waals surface area contributed by atoms with Gasteiger partial charge in [-0.1, -0.05) is 22.9 Å². The van der Waals surface area contributed by atoms with Crippen molar-refractivity contribution in [3.05, 3.63) is 30.5 Å². The lowest BCUT2D eigenvalue weighted by atomic mass is 10.1. The molecule has 0 aliphatic carbocycles. The predicted molar refractivity (Wildman–Crippen MR) is 87.4 cm³/mol. The molecule has 2 aromatic rings. The van der Waals surface area contributed by atoms with Crippen LogP contribution in [0, 0.1) is 10.2 Å². The monoisotopic (exact) mass is 422 g/mol. The molecule has 1 heterocycles. The Balaban J connectivity index is 0.000000646. The van der Waals surface area contributed by atoms with Crippen molar-refractivity contribution < 1.29 is 47.2 Å². The molecule has 0 fully saturated rings. The number of hydrogen-bond donors (Lipinski definition) is 0. The summed E-state index contributed by atoms with van der Waals surface area (Å²) in [7, 11) is -8.32. The van der Waals surface area contributed by atoms with Gasteiger partial charge in [-0.25, -0.2) is 18.6 Å². The van der Waals surface area contributed by atoms with Crippen LogP contribution in [-0.2, 0) is 19.2 Å². The van der Waals surface area contributed by atoms with Crippen molar-refractivity contribution >= 4 is 23.8 Å². The SMILES string of the molecule is CCOP(=O)(OCC)c1c[n+](C(C)(C)C)nc2ccccc12.[O-][Cl+3]([O-])([O-])[O-]. The van der Waals surface area contributed by atoms with Crippen molar-refractivity contribution in [1.29, 1.82) is 0 Å². The molecule has 0 spiro atoms. The van der Waals surface area contributed by atoms with Crippen LogP contribution in [0.4, 0.5) is 0 Å². The number of rotatable bonds is 5. The van der Waals surface area contributed by atoms with Crippen molar-refractivity contribution in [3.8, 4) is 0 Å². The third kappa shape index (κ3) is 7.40. The molecule has 11 heteroatoms. The van der Waals surface area contributed by atoms with Crippen LogP contribution in [0.15, 0.2) is 30.5 Å². The summed E-state index contributed by atoms with van der Waals surface area (Å²) in [5, 5.41) is 5.99. The van der Waals surface area contributed by atoms with Gasteiger partial charge >= 0.3 is 7.60 Å². The Kier molecular flexibility index (Phi) is 8.28. The molecule has 1 aromatic heterocycles. The summed E-state index contributed by atoms with van der Waals surface area (Å²) in [5.74, 6) is 0. The Morgan fingerprint density at radius 2 is 1.56 bits per heavy atom. The van der Waals surface area contributed by atoms with Gasteiger partial charge in [-0.3, -0.25) is 4.57 Å². The van der Waals surface area contributed by atoms with E-state index in [0.717, 1.165) is 10.9 Å². The maximum atomic E-state index is 13.2. The number of hydrogen-bond acceptors (Lipinski definition) is 8. The fraction of sp³-hybridized carbons (Fsp3) is 0.500. The van der Waals surface area contributed by atoms with Crippen LogP contribution >= 0.6 is 7.60 Å². The van der Waals surface area contributed by atoms with Gasteiger partial charge in [0.1, 0.15) is 10.8 Å². The van der Waals surface area contributed by atoms with Crippen molar-refractivity contribution in [2.45, 2.75) is 40.2 Å². The van der Waals surface area contributed by atoms with Crippen LogP contribution in [-0.4, -0.2) is 18.3 Å². The molecule has 152 valence electrons. The van der Waals surface area contributed by atoms with Crippen LogP contribution < -0.4 is 28.6 Å². The first-order valence-corrected chi connectivity index (χ1v) is 10.9. The van der Waals surface area contributed by atoms with Crippen LogP contribution in [0.3, 0.4) is 0 Å². The third-order valence-corrected chi connectivity index (χ3v) is 5.36. The number of fused-ring (bicyclic) bond motifs is 1. The topological polar surface area (TPSA) is 145 Å². The highest BCUT2D eigenvalue weighted by molar-refractivity contribution is 7.62. The number of nitrogens with zero attached hydrogens (tertiary/aromatic N) is 2. The lowest BCUT2D eigenvalue weighted by Crippen LogP contribution is -2.68. The molecule has 0 saturated carbocycles. The maximum absolute atomic E-state index is 13.2. The fourth-order valence-electron chi connectivity index (χ4n) is 2.19. The van der Waals surface area contributed by atoms with Gasteiger partial charge in [-0.15, -0.1) is 10.2 Å². The highest BCUT2D eigenvalue weighted by Crippen LogP contribution is 2.48. The van der Waals surface area contributed by atoms with E-state index in [4.69, 9.17) is 27.7 Å². The van der Waals surface area contributed by atoms with Gasteiger partial charge in [0.25, 0.3) is 0 Å². The fourth-order valence-corrected chi connectivity index (χ4v) is 3.95. The molecule has 0 atom stereocenters. The van der Waals surface area contributed by atoms with E-state index in [9.17, 15) is 4.57 Å². The zero-order valence-electron chi connectivity index (χ0n) is 15.9. The second-order valence-corrected chi connectivity index (χ2v) is 9.11. The highest BCUT2D eigenvalue weighted by atomic mass is 35.7. The number of halogens is 1. The van der Waals surface area contributed by atoms with Gasteiger partial charge in [0.05, 0.1) is 13.2 Å². The molecular formula is C16H24ClN2O7P. The Labute approximate surface area is 160 Å². The summed E-state index contributed by atoms with van der Waals surface area (Å²) >= 11 is 0. The van der Waals surface area contributed by atoms with Crippen LogP contribution in [0.2, 0.25) is 0 Å². The van der Waals surface area contributed by atoms with E-state index in [1.165, 1.54) is 0 Å². The zero-order chi connectivity index (χ0) is 20.9. The van der Waals surface area contributed by atoms with Crippen LogP contribution in [0.1, 0.15) is 34.6 Å². The lowest BCUT2D eigenvalue weighted by molar-refractivity contribution is -2.00. The number of benzene rings is 1. The molecule has 9 nitrogen and oxygen atoms in total. The third-order valence-electron chi connectivity index (χ3n) is 3.22. The van der Waals surface area contributed by atoms with E-state index in [-0.39, 0.29) is 5.54 Å². The first-order valence-electron chi connectivity index (χ1n) is 8.15. The van der Waals surface area contributed by atoms with Gasteiger partial charge in [-0.05, 0) is 19.9 Å². The summed E-state index contributed by atoms with van der Waals surface area (Å²) in [6, 6.07) is 7.62. The molecular weight excluding hydrogens is 399 g/mol. The van der Waals surface area contributed by atoms with Crippen LogP contribution in [0.25, 0.3) is 10.9 Å². The van der Waals surface area contributed by atoms with E-state index in [1.54, 1.807) is 6.20 Å². The minimum absolute atomic E-state index is 0.234. The van der Waals surface area contributed by atoms with Crippen molar-refractivity contribution in [2.24, 2.45) is 0 Å². The molecule has 0 bridgehead atoms. The summed E-state index contributed by atoms with van der Waals surface area (Å²) in [6.45, 7) is 10.4. The molecule has 0 aliphatic heterocycles. The van der Waals surface area contributed by atoms with Crippen molar-refractivity contribution in [3.63, 3.8) is 0 Å². The van der Waals surface area contributed by atoms with Crippen molar-refractivity contribution in [2.75, 3.05) is 13.2 Å². The van der Waals surface area contributed by atoms with E-state index < -0.39 is 17.8 Å². The summed E-state index contributed by atoms with van der Waals surface area (Å²) in [4.78, 5) is 0. The lowest BCUT2D eigenvalue weighted by Gasteiger charge is -2.19. The maximum Gasteiger partial charge on any atom is 0.368 e. The highest BCUT2D eigenvalue weighted by Gasteiger charge is 2.35. The Morgan fingerprint density at radius 1 is 1.07 bits per heavy atom. The first-order chi connectivity index (χ1) is 12.3. The Morgan fingerprint density at radius 3 is 2.00 bits per heavy atom. The Hall–Kier alpha value is -1.16. The molecule has 0 amide bonds. The Bertz CT molecular complexity index is 789. The predicted octanol–water partition coefficient (Wildman–Crippen LogP) is -1.59. The normalized spacial score (nSPS) is 12.6. The van der Waals surface area contributed by atoms with Gasteiger partial charge in [0.15, 0.2) is 5.54 Å². The molecule has 27 heavy (non-hydrogen) atoms.